The number of hydrogen-bond donors (Lipinski definition) is 1. The lowest BCUT2D eigenvalue weighted by Crippen LogP contribution is -2.18. The van der Waals surface area contributed by atoms with E-state index in [0.29, 0.717) is 10.6 Å². The molecule has 0 radical (unpaired) electrons. The number of H-pyrrole nitrogens is 1. The van der Waals surface area contributed by atoms with E-state index >= 15 is 0 Å². The lowest BCUT2D eigenvalue weighted by molar-refractivity contribution is -0.141. The van der Waals surface area contributed by atoms with E-state index in [1.54, 1.807) is 24.3 Å². The Morgan fingerprint density at radius 3 is 2.47 bits per heavy atom. The number of hydrogen-bond acceptors (Lipinski definition) is 1. The molecule has 1 aromatic carbocycles. The summed E-state index contributed by atoms with van der Waals surface area (Å²) in [6, 6.07) is 6.67. The van der Waals surface area contributed by atoms with Crippen LogP contribution >= 0.6 is 11.6 Å². The first-order valence-corrected chi connectivity index (χ1v) is 5.78. The third kappa shape index (κ3) is 2.68. The third-order valence-electron chi connectivity index (χ3n) is 2.76. The fourth-order valence-electron chi connectivity index (χ4n) is 1.76. The first-order valence-electron chi connectivity index (χ1n) is 5.40. The zero-order chi connectivity index (χ0) is 14.2. The van der Waals surface area contributed by atoms with Crippen LogP contribution in [0.15, 0.2) is 29.1 Å². The van der Waals surface area contributed by atoms with E-state index in [-0.39, 0.29) is 12.1 Å². The van der Waals surface area contributed by atoms with Gasteiger partial charge in [-0.15, -0.1) is 0 Å². The van der Waals surface area contributed by atoms with Crippen molar-refractivity contribution in [1.29, 1.82) is 0 Å². The van der Waals surface area contributed by atoms with Crippen LogP contribution in [0.1, 0.15) is 16.8 Å². The number of aromatic nitrogens is 2. The van der Waals surface area contributed by atoms with Gasteiger partial charge in [0.05, 0.1) is 6.54 Å². The van der Waals surface area contributed by atoms with Crippen LogP contribution in [-0.2, 0) is 12.7 Å². The monoisotopic (exact) mass is 290 g/mol. The molecule has 1 N–H and O–H groups in total. The second-order valence-electron chi connectivity index (χ2n) is 4.09. The average molecular weight is 291 g/mol. The van der Waals surface area contributed by atoms with Crippen molar-refractivity contribution >= 4 is 11.6 Å². The Balaban J connectivity index is 2.43. The van der Waals surface area contributed by atoms with Gasteiger partial charge >= 0.3 is 6.18 Å². The Morgan fingerprint density at radius 1 is 1.32 bits per heavy atom. The summed E-state index contributed by atoms with van der Waals surface area (Å²) in [6.45, 7) is 1.11. The van der Waals surface area contributed by atoms with Gasteiger partial charge in [-0.3, -0.25) is 9.89 Å². The van der Waals surface area contributed by atoms with Crippen LogP contribution in [0.3, 0.4) is 0 Å². The number of aromatic amines is 1. The third-order valence-corrected chi connectivity index (χ3v) is 3.13. The molecule has 2 aromatic rings. The minimum Gasteiger partial charge on any atom is -0.291 e. The molecule has 1 aromatic heterocycles. The Labute approximate surface area is 111 Å². The molecule has 0 unspecified atom stereocenters. The van der Waals surface area contributed by atoms with Crippen LogP contribution in [0.2, 0.25) is 5.02 Å². The second kappa shape index (κ2) is 4.77. The summed E-state index contributed by atoms with van der Waals surface area (Å²) < 4.78 is 38.9. The van der Waals surface area contributed by atoms with Crippen LogP contribution in [0.5, 0.6) is 0 Å². The van der Waals surface area contributed by atoms with Gasteiger partial charge in [-0.25, -0.2) is 4.68 Å². The van der Waals surface area contributed by atoms with E-state index in [9.17, 15) is 18.0 Å². The predicted octanol–water partition coefficient (Wildman–Crippen LogP) is 3.21. The fourth-order valence-corrected chi connectivity index (χ4v) is 1.96. The van der Waals surface area contributed by atoms with Crippen molar-refractivity contribution in [3.05, 3.63) is 56.5 Å². The molecule has 0 saturated carbocycles. The molecule has 0 fully saturated rings. The number of halogens is 4. The maximum Gasteiger partial charge on any atom is 0.433 e. The van der Waals surface area contributed by atoms with Crippen molar-refractivity contribution < 1.29 is 13.2 Å². The molecule has 0 atom stereocenters. The average Bonchev–Trinajstić information content (AvgIpc) is 2.60. The summed E-state index contributed by atoms with van der Waals surface area (Å²) in [5.41, 5.74) is -1.50. The molecule has 0 aliphatic rings. The van der Waals surface area contributed by atoms with Crippen LogP contribution in [-0.4, -0.2) is 9.78 Å². The molecule has 0 saturated heterocycles. The van der Waals surface area contributed by atoms with Gasteiger partial charge in [0.15, 0.2) is 0 Å². The van der Waals surface area contributed by atoms with Crippen LogP contribution in [0.25, 0.3) is 0 Å². The molecule has 3 nitrogen and oxygen atoms in total. The van der Waals surface area contributed by atoms with Gasteiger partial charge < -0.3 is 0 Å². The van der Waals surface area contributed by atoms with Gasteiger partial charge in [0.1, 0.15) is 5.69 Å². The van der Waals surface area contributed by atoms with Crippen molar-refractivity contribution in [2.75, 3.05) is 0 Å². The number of rotatable bonds is 2. The number of nitrogens with one attached hydrogen (secondary N) is 1. The zero-order valence-corrected chi connectivity index (χ0v) is 10.6. The standard InChI is InChI=1S/C12H10ClF3N2O/c1-7-10(12(14,15)16)17-18(11(7)19)6-8-4-2-3-5-9(8)13/h2-5,17H,6H2,1H3. The largest absolute Gasteiger partial charge is 0.433 e. The second-order valence-corrected chi connectivity index (χ2v) is 4.50. The van der Waals surface area contributed by atoms with Crippen LogP contribution in [0, 0.1) is 6.92 Å². The van der Waals surface area contributed by atoms with Gasteiger partial charge in [0.25, 0.3) is 5.56 Å². The van der Waals surface area contributed by atoms with Gasteiger partial charge in [0.2, 0.25) is 0 Å². The van der Waals surface area contributed by atoms with Gasteiger partial charge in [-0.05, 0) is 18.6 Å². The molecule has 0 amide bonds. The normalized spacial score (nSPS) is 11.8. The Hall–Kier alpha value is -1.69. The lowest BCUT2D eigenvalue weighted by atomic mass is 10.2. The van der Waals surface area contributed by atoms with Crippen molar-refractivity contribution in [2.24, 2.45) is 0 Å². The van der Waals surface area contributed by atoms with Gasteiger partial charge in [-0.1, -0.05) is 29.8 Å². The predicted molar refractivity (Wildman–Crippen MR) is 65.3 cm³/mol. The molecule has 19 heavy (non-hydrogen) atoms. The SMILES string of the molecule is Cc1c(C(F)(F)F)[nH]n(Cc2ccccc2Cl)c1=O. The summed E-state index contributed by atoms with van der Waals surface area (Å²) >= 11 is 5.91. The number of benzene rings is 1. The highest BCUT2D eigenvalue weighted by Gasteiger charge is 2.36. The summed E-state index contributed by atoms with van der Waals surface area (Å²) in [4.78, 5) is 11.7. The maximum absolute atomic E-state index is 12.7. The first kappa shape index (κ1) is 13.7. The molecule has 102 valence electrons. The minimum atomic E-state index is -4.57. The van der Waals surface area contributed by atoms with E-state index in [0.717, 1.165) is 11.6 Å². The number of nitrogens with zero attached hydrogens (tertiary/aromatic N) is 1. The Morgan fingerprint density at radius 2 is 1.95 bits per heavy atom. The molecule has 2 rings (SSSR count). The molecular weight excluding hydrogens is 281 g/mol. The van der Waals surface area contributed by atoms with E-state index in [1.807, 2.05) is 0 Å². The van der Waals surface area contributed by atoms with E-state index in [4.69, 9.17) is 11.6 Å². The number of alkyl halides is 3. The van der Waals surface area contributed by atoms with E-state index < -0.39 is 17.4 Å². The molecule has 0 aliphatic heterocycles. The zero-order valence-electron chi connectivity index (χ0n) is 9.88. The minimum absolute atomic E-state index is 0.0323. The molecule has 0 spiro atoms. The van der Waals surface area contributed by atoms with Crippen molar-refractivity contribution in [1.82, 2.24) is 9.78 Å². The Bertz CT molecular complexity index is 658. The topological polar surface area (TPSA) is 37.8 Å². The lowest BCUT2D eigenvalue weighted by Gasteiger charge is -2.06. The van der Waals surface area contributed by atoms with Crippen LogP contribution < -0.4 is 5.56 Å². The van der Waals surface area contributed by atoms with Crippen molar-refractivity contribution in [3.63, 3.8) is 0 Å². The summed E-state index contributed by atoms with van der Waals surface area (Å²) in [5, 5.41) is 2.48. The maximum atomic E-state index is 12.7. The highest BCUT2D eigenvalue weighted by molar-refractivity contribution is 6.31. The molecule has 7 heteroatoms. The molecule has 0 bridgehead atoms. The summed E-state index contributed by atoms with van der Waals surface area (Å²) in [5.74, 6) is 0. The highest BCUT2D eigenvalue weighted by Crippen LogP contribution is 2.29. The molecular formula is C12H10ClF3N2O. The Kier molecular flexibility index (Phi) is 3.45. The molecule has 1 heterocycles. The van der Waals surface area contributed by atoms with Crippen molar-refractivity contribution in [3.8, 4) is 0 Å². The van der Waals surface area contributed by atoms with E-state index in [1.165, 1.54) is 0 Å². The smallest absolute Gasteiger partial charge is 0.291 e. The van der Waals surface area contributed by atoms with Crippen molar-refractivity contribution in [2.45, 2.75) is 19.6 Å². The quantitative estimate of drug-likeness (QED) is 0.906. The van der Waals surface area contributed by atoms with E-state index in [2.05, 4.69) is 5.10 Å². The summed E-state index contributed by atoms with van der Waals surface area (Å²) in [6.07, 6.45) is -4.57. The summed E-state index contributed by atoms with van der Waals surface area (Å²) in [7, 11) is 0. The van der Waals surface area contributed by atoms with Gasteiger partial charge in [0, 0.05) is 10.6 Å². The first-order chi connectivity index (χ1) is 8.80. The molecule has 0 aliphatic carbocycles. The highest BCUT2D eigenvalue weighted by atomic mass is 35.5. The van der Waals surface area contributed by atoms with Gasteiger partial charge in [-0.2, -0.15) is 13.2 Å². The fraction of sp³-hybridized carbons (Fsp3) is 0.250. The van der Waals surface area contributed by atoms with Crippen LogP contribution in [0.4, 0.5) is 13.2 Å².